The van der Waals surface area contributed by atoms with E-state index >= 15 is 0 Å². The lowest BCUT2D eigenvalue weighted by molar-refractivity contribution is 0.311. The molecule has 0 aromatic carbocycles. The van der Waals surface area contributed by atoms with Crippen molar-refractivity contribution in [2.45, 2.75) is 6.92 Å². The molecule has 1 aromatic heterocycles. The first kappa shape index (κ1) is 9.22. The molecule has 0 radical (unpaired) electrons. The van der Waals surface area contributed by atoms with Crippen LogP contribution in [0.25, 0.3) is 0 Å². The second kappa shape index (κ2) is 4.23. The van der Waals surface area contributed by atoms with E-state index in [0.717, 1.165) is 5.69 Å². The first-order valence-electron chi connectivity index (χ1n) is 3.57. The third-order valence-electron chi connectivity index (χ3n) is 1.37. The van der Waals surface area contributed by atoms with Gasteiger partial charge in [-0.25, -0.2) is 9.97 Å². The molecule has 0 aliphatic carbocycles. The molecule has 1 heterocycles. The summed E-state index contributed by atoms with van der Waals surface area (Å²) in [5, 5.41) is 11.9. The number of aromatic nitrogens is 2. The van der Waals surface area contributed by atoms with Crippen molar-refractivity contribution in [2.24, 2.45) is 0 Å². The SMILES string of the molecule is Cc1ncnc(NCCO)c1Cl. The lowest BCUT2D eigenvalue weighted by atomic mass is 10.4. The summed E-state index contributed by atoms with van der Waals surface area (Å²) < 4.78 is 0. The molecule has 0 unspecified atom stereocenters. The summed E-state index contributed by atoms with van der Waals surface area (Å²) >= 11 is 5.86. The van der Waals surface area contributed by atoms with Crippen LogP contribution in [0, 0.1) is 6.92 Å². The standard InChI is InChI=1S/C7H10ClN3O/c1-5-6(8)7(9-2-3-12)11-4-10-5/h4,12H,2-3H2,1H3,(H,9,10,11). The summed E-state index contributed by atoms with van der Waals surface area (Å²) in [6.45, 7) is 2.30. The number of anilines is 1. The van der Waals surface area contributed by atoms with Crippen LogP contribution in [0.15, 0.2) is 6.33 Å². The smallest absolute Gasteiger partial charge is 0.148 e. The van der Waals surface area contributed by atoms with Crippen molar-refractivity contribution < 1.29 is 5.11 Å². The van der Waals surface area contributed by atoms with Gasteiger partial charge in [0.1, 0.15) is 17.2 Å². The molecule has 66 valence electrons. The van der Waals surface area contributed by atoms with Crippen LogP contribution in [0.4, 0.5) is 5.82 Å². The third kappa shape index (κ3) is 2.06. The Morgan fingerprint density at radius 3 is 3.00 bits per heavy atom. The number of nitrogens with one attached hydrogen (secondary N) is 1. The Morgan fingerprint density at radius 2 is 2.33 bits per heavy atom. The maximum atomic E-state index is 8.54. The molecular formula is C7H10ClN3O. The summed E-state index contributed by atoms with van der Waals surface area (Å²) in [4.78, 5) is 7.81. The molecule has 0 fully saturated rings. The van der Waals surface area contributed by atoms with Gasteiger partial charge in [-0.15, -0.1) is 0 Å². The molecule has 0 saturated heterocycles. The number of halogens is 1. The Bertz CT molecular complexity index is 267. The highest BCUT2D eigenvalue weighted by Crippen LogP contribution is 2.19. The van der Waals surface area contributed by atoms with Crippen LogP contribution in [0.5, 0.6) is 0 Å². The predicted molar refractivity (Wildman–Crippen MR) is 47.4 cm³/mol. The molecule has 1 aromatic rings. The van der Waals surface area contributed by atoms with Crippen molar-refractivity contribution in [1.82, 2.24) is 9.97 Å². The minimum atomic E-state index is 0.0549. The summed E-state index contributed by atoms with van der Waals surface area (Å²) in [7, 11) is 0. The summed E-state index contributed by atoms with van der Waals surface area (Å²) in [5.41, 5.74) is 0.729. The Balaban J connectivity index is 2.78. The molecule has 0 saturated carbocycles. The van der Waals surface area contributed by atoms with Gasteiger partial charge in [-0.1, -0.05) is 11.6 Å². The van der Waals surface area contributed by atoms with Crippen molar-refractivity contribution in [3.05, 3.63) is 17.0 Å². The van der Waals surface area contributed by atoms with Gasteiger partial charge in [-0.3, -0.25) is 0 Å². The average Bonchev–Trinajstić information content (AvgIpc) is 2.08. The van der Waals surface area contributed by atoms with Crippen LogP contribution in [-0.4, -0.2) is 28.2 Å². The fourth-order valence-electron chi connectivity index (χ4n) is 0.755. The Labute approximate surface area is 75.6 Å². The van der Waals surface area contributed by atoms with Crippen LogP contribution in [0.1, 0.15) is 5.69 Å². The molecular weight excluding hydrogens is 178 g/mol. The largest absolute Gasteiger partial charge is 0.395 e. The van der Waals surface area contributed by atoms with Gasteiger partial charge in [0.25, 0.3) is 0 Å². The number of hydrogen-bond donors (Lipinski definition) is 2. The highest BCUT2D eigenvalue weighted by molar-refractivity contribution is 6.33. The minimum Gasteiger partial charge on any atom is -0.395 e. The van der Waals surface area contributed by atoms with Crippen LogP contribution in [-0.2, 0) is 0 Å². The van der Waals surface area contributed by atoms with Crippen molar-refractivity contribution in [1.29, 1.82) is 0 Å². The zero-order valence-corrected chi connectivity index (χ0v) is 7.47. The zero-order chi connectivity index (χ0) is 8.97. The summed E-state index contributed by atoms with van der Waals surface area (Å²) in [6, 6.07) is 0. The highest BCUT2D eigenvalue weighted by atomic mass is 35.5. The van der Waals surface area contributed by atoms with Crippen LogP contribution < -0.4 is 5.32 Å². The van der Waals surface area contributed by atoms with Crippen LogP contribution >= 0.6 is 11.6 Å². The van der Waals surface area contributed by atoms with E-state index in [-0.39, 0.29) is 6.61 Å². The summed E-state index contributed by atoms with van der Waals surface area (Å²) in [6.07, 6.45) is 1.43. The number of rotatable bonds is 3. The molecule has 5 heteroatoms. The molecule has 0 bridgehead atoms. The maximum Gasteiger partial charge on any atom is 0.148 e. The molecule has 0 atom stereocenters. The Kier molecular flexibility index (Phi) is 3.25. The summed E-state index contributed by atoms with van der Waals surface area (Å²) in [5.74, 6) is 0.568. The van der Waals surface area contributed by atoms with Gasteiger partial charge in [-0.05, 0) is 6.92 Å². The molecule has 1 rings (SSSR count). The topological polar surface area (TPSA) is 58.0 Å². The van der Waals surface area contributed by atoms with E-state index < -0.39 is 0 Å². The lowest BCUT2D eigenvalue weighted by Gasteiger charge is -2.05. The highest BCUT2D eigenvalue weighted by Gasteiger charge is 2.03. The molecule has 4 nitrogen and oxygen atoms in total. The van der Waals surface area contributed by atoms with Crippen molar-refractivity contribution in [2.75, 3.05) is 18.5 Å². The van der Waals surface area contributed by atoms with Gasteiger partial charge < -0.3 is 10.4 Å². The monoisotopic (exact) mass is 187 g/mol. The molecule has 0 amide bonds. The average molecular weight is 188 g/mol. The van der Waals surface area contributed by atoms with Crippen LogP contribution in [0.2, 0.25) is 5.02 Å². The van der Waals surface area contributed by atoms with E-state index in [1.807, 2.05) is 0 Å². The van der Waals surface area contributed by atoms with Crippen LogP contribution in [0.3, 0.4) is 0 Å². The van der Waals surface area contributed by atoms with E-state index in [2.05, 4.69) is 15.3 Å². The number of aryl methyl sites for hydroxylation is 1. The Morgan fingerprint density at radius 1 is 1.58 bits per heavy atom. The van der Waals surface area contributed by atoms with Gasteiger partial charge in [0.05, 0.1) is 12.3 Å². The molecule has 0 spiro atoms. The second-order valence-electron chi connectivity index (χ2n) is 2.27. The molecule has 2 N–H and O–H groups in total. The molecule has 0 aliphatic heterocycles. The van der Waals surface area contributed by atoms with Gasteiger partial charge in [0, 0.05) is 6.54 Å². The molecule has 12 heavy (non-hydrogen) atoms. The van der Waals surface area contributed by atoms with Gasteiger partial charge in [0.2, 0.25) is 0 Å². The van der Waals surface area contributed by atoms with Crippen molar-refractivity contribution in [3.8, 4) is 0 Å². The first-order valence-corrected chi connectivity index (χ1v) is 3.95. The Hall–Kier alpha value is -0.870. The number of aliphatic hydroxyl groups is 1. The predicted octanol–water partition coefficient (Wildman–Crippen LogP) is 0.843. The fourth-order valence-corrected chi connectivity index (χ4v) is 0.920. The first-order chi connectivity index (χ1) is 5.75. The van der Waals surface area contributed by atoms with E-state index in [4.69, 9.17) is 16.7 Å². The number of hydrogen-bond acceptors (Lipinski definition) is 4. The van der Waals surface area contributed by atoms with E-state index in [0.29, 0.717) is 17.4 Å². The fraction of sp³-hybridized carbons (Fsp3) is 0.429. The van der Waals surface area contributed by atoms with Gasteiger partial charge in [-0.2, -0.15) is 0 Å². The van der Waals surface area contributed by atoms with Crippen molar-refractivity contribution >= 4 is 17.4 Å². The maximum absolute atomic E-state index is 8.54. The van der Waals surface area contributed by atoms with E-state index in [1.165, 1.54) is 6.33 Å². The normalized spacial score (nSPS) is 9.92. The zero-order valence-electron chi connectivity index (χ0n) is 6.71. The third-order valence-corrected chi connectivity index (χ3v) is 1.82. The van der Waals surface area contributed by atoms with E-state index in [9.17, 15) is 0 Å². The molecule has 0 aliphatic rings. The van der Waals surface area contributed by atoms with Gasteiger partial charge in [0.15, 0.2) is 0 Å². The van der Waals surface area contributed by atoms with E-state index in [1.54, 1.807) is 6.92 Å². The lowest BCUT2D eigenvalue weighted by Crippen LogP contribution is -2.08. The number of nitrogens with zero attached hydrogens (tertiary/aromatic N) is 2. The minimum absolute atomic E-state index is 0.0549. The number of aliphatic hydroxyl groups excluding tert-OH is 1. The quantitative estimate of drug-likeness (QED) is 0.737. The van der Waals surface area contributed by atoms with Crippen molar-refractivity contribution in [3.63, 3.8) is 0 Å². The van der Waals surface area contributed by atoms with Gasteiger partial charge >= 0.3 is 0 Å². The second-order valence-corrected chi connectivity index (χ2v) is 2.65.